The van der Waals surface area contributed by atoms with Crippen molar-refractivity contribution in [3.8, 4) is 0 Å². The van der Waals surface area contributed by atoms with Crippen LogP contribution in [0.1, 0.15) is 49.7 Å². The van der Waals surface area contributed by atoms with Gasteiger partial charge in [-0.2, -0.15) is 14.6 Å². The Labute approximate surface area is 156 Å². The third-order valence-electron chi connectivity index (χ3n) is 4.87. The molecule has 0 aliphatic heterocycles. The molecule has 1 fully saturated rings. The molecule has 3 aromatic heterocycles. The molecule has 138 valence electrons. The zero-order chi connectivity index (χ0) is 17.9. The van der Waals surface area contributed by atoms with Crippen LogP contribution in [0.5, 0.6) is 0 Å². The van der Waals surface area contributed by atoms with Gasteiger partial charge < -0.3 is 9.88 Å². The van der Waals surface area contributed by atoms with Gasteiger partial charge in [-0.05, 0) is 32.4 Å². The van der Waals surface area contributed by atoms with Gasteiger partial charge in [0, 0.05) is 30.8 Å². The highest BCUT2D eigenvalue weighted by molar-refractivity contribution is 7.98. The van der Waals surface area contributed by atoms with Gasteiger partial charge in [0.25, 0.3) is 5.78 Å². The zero-order valence-electron chi connectivity index (χ0n) is 15.2. The largest absolute Gasteiger partial charge is 0.370 e. The Balaban J connectivity index is 1.40. The maximum absolute atomic E-state index is 4.46. The Morgan fingerprint density at radius 1 is 1.27 bits per heavy atom. The number of anilines is 1. The fraction of sp³-hybridized carbons (Fsp3) is 0.588. The van der Waals surface area contributed by atoms with E-state index in [0.717, 1.165) is 41.9 Å². The van der Waals surface area contributed by atoms with Gasteiger partial charge in [-0.1, -0.05) is 24.6 Å². The first-order valence-corrected chi connectivity index (χ1v) is 10.4. The van der Waals surface area contributed by atoms with Crippen LogP contribution in [0.3, 0.4) is 0 Å². The zero-order valence-corrected chi connectivity index (χ0v) is 16.0. The summed E-state index contributed by atoms with van der Waals surface area (Å²) >= 11 is 1.69. The number of nitrogens with zero attached hydrogens (tertiary/aromatic N) is 7. The molecule has 0 unspecified atom stereocenters. The fourth-order valence-electron chi connectivity index (χ4n) is 3.67. The minimum Gasteiger partial charge on any atom is -0.370 e. The van der Waals surface area contributed by atoms with Crippen molar-refractivity contribution in [2.24, 2.45) is 0 Å². The highest BCUT2D eigenvalue weighted by atomic mass is 32.2. The topological polar surface area (TPSA) is 85.8 Å². The first-order valence-electron chi connectivity index (χ1n) is 9.15. The van der Waals surface area contributed by atoms with Gasteiger partial charge in [-0.25, -0.2) is 4.98 Å². The monoisotopic (exact) mass is 372 g/mol. The molecule has 0 saturated heterocycles. The Hall–Kier alpha value is -2.16. The second kappa shape index (κ2) is 7.61. The second-order valence-corrected chi connectivity index (χ2v) is 7.47. The van der Waals surface area contributed by atoms with Gasteiger partial charge in [-0.3, -0.25) is 0 Å². The van der Waals surface area contributed by atoms with Crippen molar-refractivity contribution in [3.05, 3.63) is 23.9 Å². The Bertz CT molecular complexity index is 880. The van der Waals surface area contributed by atoms with E-state index >= 15 is 0 Å². The lowest BCUT2D eigenvalue weighted by atomic mass is 10.2. The highest BCUT2D eigenvalue weighted by Crippen LogP contribution is 2.33. The average Bonchev–Trinajstić information content (AvgIpc) is 3.37. The summed E-state index contributed by atoms with van der Waals surface area (Å²) in [5, 5.41) is 17.6. The molecule has 3 heterocycles. The molecule has 0 aromatic carbocycles. The van der Waals surface area contributed by atoms with Crippen molar-refractivity contribution in [2.75, 3.05) is 18.1 Å². The number of nitrogens with one attached hydrogen (secondary N) is 1. The molecular weight excluding hydrogens is 348 g/mol. The molecule has 4 rings (SSSR count). The Morgan fingerprint density at radius 2 is 2.12 bits per heavy atom. The molecule has 8 nitrogen and oxygen atoms in total. The summed E-state index contributed by atoms with van der Waals surface area (Å²) in [6.07, 6.45) is 10.6. The standard InChI is InChI=1S/C17H24N8S/c1-12-10-15(25-16(21-12)19-11-20-25)18-9-5-8-14-22-23-17(26-2)24(14)13-6-3-4-7-13/h10-11,13,18H,3-9H2,1-2H3. The number of aromatic nitrogens is 7. The molecule has 1 saturated carbocycles. The van der Waals surface area contributed by atoms with E-state index in [-0.39, 0.29) is 0 Å². The van der Waals surface area contributed by atoms with E-state index in [4.69, 9.17) is 0 Å². The Morgan fingerprint density at radius 3 is 2.92 bits per heavy atom. The van der Waals surface area contributed by atoms with Gasteiger partial charge in [-0.15, -0.1) is 10.2 Å². The molecule has 3 aromatic rings. The van der Waals surface area contributed by atoms with Gasteiger partial charge in [0.05, 0.1) is 0 Å². The van der Waals surface area contributed by atoms with Crippen LogP contribution in [0.2, 0.25) is 0 Å². The smallest absolute Gasteiger partial charge is 0.254 e. The van der Waals surface area contributed by atoms with E-state index in [2.05, 4.69) is 41.4 Å². The van der Waals surface area contributed by atoms with Crippen LogP contribution in [0, 0.1) is 6.92 Å². The summed E-state index contributed by atoms with van der Waals surface area (Å²) in [5.41, 5.74) is 0.929. The third-order valence-corrected chi connectivity index (χ3v) is 5.51. The number of hydrogen-bond donors (Lipinski definition) is 1. The lowest BCUT2D eigenvalue weighted by Gasteiger charge is -2.16. The van der Waals surface area contributed by atoms with Crippen LogP contribution in [0.25, 0.3) is 5.78 Å². The van der Waals surface area contributed by atoms with E-state index in [1.165, 1.54) is 32.0 Å². The van der Waals surface area contributed by atoms with Crippen LogP contribution in [0.15, 0.2) is 17.6 Å². The van der Waals surface area contributed by atoms with Gasteiger partial charge in [0.15, 0.2) is 5.16 Å². The summed E-state index contributed by atoms with van der Waals surface area (Å²) in [7, 11) is 0. The molecule has 9 heteroatoms. The van der Waals surface area contributed by atoms with E-state index < -0.39 is 0 Å². The highest BCUT2D eigenvalue weighted by Gasteiger charge is 2.23. The normalized spacial score (nSPS) is 15.2. The maximum atomic E-state index is 4.46. The number of hydrogen-bond acceptors (Lipinski definition) is 7. The molecule has 0 bridgehead atoms. The first-order chi connectivity index (χ1) is 12.8. The van der Waals surface area contributed by atoms with Crippen molar-refractivity contribution < 1.29 is 0 Å². The average molecular weight is 373 g/mol. The van der Waals surface area contributed by atoms with Gasteiger partial charge >= 0.3 is 0 Å². The molecule has 0 atom stereocenters. The summed E-state index contributed by atoms with van der Waals surface area (Å²) in [6.45, 7) is 2.80. The van der Waals surface area contributed by atoms with Crippen LogP contribution in [-0.4, -0.2) is 47.1 Å². The molecule has 0 radical (unpaired) electrons. The third kappa shape index (κ3) is 3.40. The number of thioether (sulfide) groups is 1. The van der Waals surface area contributed by atoms with E-state index in [0.29, 0.717) is 11.8 Å². The van der Waals surface area contributed by atoms with Crippen molar-refractivity contribution in [1.82, 2.24) is 34.3 Å². The minimum atomic E-state index is 0.577. The molecule has 1 aliphatic rings. The van der Waals surface area contributed by atoms with Crippen LogP contribution < -0.4 is 5.32 Å². The molecular formula is C17H24N8S. The summed E-state index contributed by atoms with van der Waals surface area (Å²) in [6, 6.07) is 2.57. The molecule has 0 amide bonds. The van der Waals surface area contributed by atoms with E-state index in [9.17, 15) is 0 Å². The molecule has 0 spiro atoms. The van der Waals surface area contributed by atoms with Crippen molar-refractivity contribution in [2.45, 2.75) is 56.6 Å². The minimum absolute atomic E-state index is 0.577. The molecule has 1 N–H and O–H groups in total. The SMILES string of the molecule is CSc1nnc(CCCNc2cc(C)nc3ncnn23)n1C1CCCC1. The van der Waals surface area contributed by atoms with Crippen LogP contribution in [0.4, 0.5) is 5.82 Å². The summed E-state index contributed by atoms with van der Waals surface area (Å²) < 4.78 is 4.11. The lowest BCUT2D eigenvalue weighted by Crippen LogP contribution is -2.13. The lowest BCUT2D eigenvalue weighted by molar-refractivity contribution is 0.461. The number of rotatable bonds is 7. The number of aryl methyl sites for hydroxylation is 2. The van der Waals surface area contributed by atoms with Crippen LogP contribution in [-0.2, 0) is 6.42 Å². The quantitative estimate of drug-likeness (QED) is 0.504. The summed E-state index contributed by atoms with van der Waals surface area (Å²) in [4.78, 5) is 8.53. The predicted octanol–water partition coefficient (Wildman–Crippen LogP) is 2.91. The van der Waals surface area contributed by atoms with Crippen molar-refractivity contribution in [1.29, 1.82) is 0 Å². The number of fused-ring (bicyclic) bond motifs is 1. The predicted molar refractivity (Wildman–Crippen MR) is 102 cm³/mol. The fourth-order valence-corrected chi connectivity index (χ4v) is 4.24. The van der Waals surface area contributed by atoms with Crippen molar-refractivity contribution >= 4 is 23.4 Å². The Kier molecular flexibility index (Phi) is 5.05. The van der Waals surface area contributed by atoms with Crippen molar-refractivity contribution in [3.63, 3.8) is 0 Å². The second-order valence-electron chi connectivity index (χ2n) is 6.70. The molecule has 1 aliphatic carbocycles. The van der Waals surface area contributed by atoms with E-state index in [1.54, 1.807) is 16.3 Å². The van der Waals surface area contributed by atoms with Gasteiger partial charge in [0.2, 0.25) is 0 Å². The van der Waals surface area contributed by atoms with E-state index in [1.807, 2.05) is 13.0 Å². The summed E-state index contributed by atoms with van der Waals surface area (Å²) in [5.74, 6) is 2.66. The first kappa shape index (κ1) is 17.3. The maximum Gasteiger partial charge on any atom is 0.254 e. The van der Waals surface area contributed by atoms with Gasteiger partial charge in [0.1, 0.15) is 18.0 Å². The van der Waals surface area contributed by atoms with Crippen LogP contribution >= 0.6 is 11.8 Å². The molecule has 26 heavy (non-hydrogen) atoms.